The summed E-state index contributed by atoms with van der Waals surface area (Å²) in [7, 11) is 0. The Morgan fingerprint density at radius 2 is 1.44 bits per heavy atom. The molecule has 0 fully saturated rings. The van der Waals surface area contributed by atoms with E-state index in [1.165, 1.54) is 0 Å². The second-order valence-electron chi connectivity index (χ2n) is 4.69. The molecule has 0 aliphatic carbocycles. The Kier molecular flexibility index (Phi) is 4.62. The van der Waals surface area contributed by atoms with Crippen LogP contribution in [0.4, 0.5) is 39.5 Å². The SMILES string of the molecule is FC(F)(F)Oc1cccc(-c2cnc(C(F)(F)F)cc2C(F)(F)F)c1. The molecular formula is C14H6F9NO. The summed E-state index contributed by atoms with van der Waals surface area (Å²) < 4.78 is 117. The highest BCUT2D eigenvalue weighted by Crippen LogP contribution is 2.40. The van der Waals surface area contributed by atoms with Gasteiger partial charge in [0.25, 0.3) is 0 Å². The molecule has 0 bridgehead atoms. The zero-order chi connectivity index (χ0) is 19.0. The van der Waals surface area contributed by atoms with Crippen molar-refractivity contribution in [3.8, 4) is 16.9 Å². The molecule has 11 heteroatoms. The van der Waals surface area contributed by atoms with Gasteiger partial charge in [-0.05, 0) is 23.8 Å². The van der Waals surface area contributed by atoms with Gasteiger partial charge >= 0.3 is 18.7 Å². The van der Waals surface area contributed by atoms with Crippen molar-refractivity contribution in [3.63, 3.8) is 0 Å². The highest BCUT2D eigenvalue weighted by molar-refractivity contribution is 5.68. The molecule has 0 amide bonds. The zero-order valence-electron chi connectivity index (χ0n) is 11.7. The standard InChI is InChI=1S/C14H6F9NO/c15-12(16,17)10-5-11(13(18,19)20)24-6-9(10)7-2-1-3-8(4-7)25-14(21,22)23/h1-6H. The fraction of sp³-hybridized carbons (Fsp3) is 0.214. The van der Waals surface area contributed by atoms with Gasteiger partial charge in [0.05, 0.1) is 5.56 Å². The molecule has 0 radical (unpaired) electrons. The molecule has 2 rings (SSSR count). The molecule has 2 nitrogen and oxygen atoms in total. The Hall–Kier alpha value is -2.46. The fourth-order valence-electron chi connectivity index (χ4n) is 1.94. The molecule has 1 aromatic heterocycles. The number of nitrogens with zero attached hydrogens (tertiary/aromatic N) is 1. The quantitative estimate of drug-likeness (QED) is 0.630. The number of halogens is 9. The van der Waals surface area contributed by atoms with Gasteiger partial charge in [-0.1, -0.05) is 12.1 Å². The van der Waals surface area contributed by atoms with Gasteiger partial charge in [-0.2, -0.15) is 26.3 Å². The molecule has 0 aliphatic rings. The predicted octanol–water partition coefficient (Wildman–Crippen LogP) is 5.68. The maximum absolute atomic E-state index is 13.1. The third-order valence-electron chi connectivity index (χ3n) is 2.88. The van der Waals surface area contributed by atoms with Crippen LogP contribution in [-0.2, 0) is 12.4 Å². The first-order chi connectivity index (χ1) is 11.3. The van der Waals surface area contributed by atoms with E-state index in [2.05, 4.69) is 9.72 Å². The second-order valence-corrected chi connectivity index (χ2v) is 4.69. The Bertz CT molecular complexity index is 762. The molecule has 1 heterocycles. The lowest BCUT2D eigenvalue weighted by atomic mass is 10.0. The first-order valence-corrected chi connectivity index (χ1v) is 6.28. The van der Waals surface area contributed by atoms with Gasteiger partial charge in [0.2, 0.25) is 0 Å². The smallest absolute Gasteiger partial charge is 0.406 e. The number of hydrogen-bond acceptors (Lipinski definition) is 2. The van der Waals surface area contributed by atoms with Crippen molar-refractivity contribution in [1.82, 2.24) is 4.98 Å². The van der Waals surface area contributed by atoms with Crippen LogP contribution in [0.15, 0.2) is 36.5 Å². The minimum absolute atomic E-state index is 0.202. The topological polar surface area (TPSA) is 22.1 Å². The molecule has 0 N–H and O–H groups in total. The summed E-state index contributed by atoms with van der Waals surface area (Å²) in [4.78, 5) is 2.92. The lowest BCUT2D eigenvalue weighted by Crippen LogP contribution is -2.17. The van der Waals surface area contributed by atoms with Gasteiger partial charge < -0.3 is 4.74 Å². The van der Waals surface area contributed by atoms with Crippen LogP contribution in [0.5, 0.6) is 5.75 Å². The van der Waals surface area contributed by atoms with Crippen molar-refractivity contribution in [1.29, 1.82) is 0 Å². The summed E-state index contributed by atoms with van der Waals surface area (Å²) in [6.45, 7) is 0. The van der Waals surface area contributed by atoms with Gasteiger partial charge in [-0.25, -0.2) is 0 Å². The third kappa shape index (κ3) is 4.77. The lowest BCUT2D eigenvalue weighted by molar-refractivity contribution is -0.274. The summed E-state index contributed by atoms with van der Waals surface area (Å²) in [5.41, 5.74) is -4.70. The van der Waals surface area contributed by atoms with Crippen molar-refractivity contribution in [2.75, 3.05) is 0 Å². The van der Waals surface area contributed by atoms with Crippen molar-refractivity contribution < 1.29 is 44.3 Å². The van der Waals surface area contributed by atoms with E-state index in [1.807, 2.05) is 0 Å². The molecule has 1 aromatic carbocycles. The van der Waals surface area contributed by atoms with E-state index in [9.17, 15) is 39.5 Å². The Labute approximate surface area is 133 Å². The normalized spacial score (nSPS) is 13.0. The summed E-state index contributed by atoms with van der Waals surface area (Å²) in [5.74, 6) is -0.821. The van der Waals surface area contributed by atoms with E-state index in [0.717, 1.165) is 18.2 Å². The maximum atomic E-state index is 13.1. The molecule has 136 valence electrons. The number of rotatable bonds is 2. The van der Waals surface area contributed by atoms with E-state index in [-0.39, 0.29) is 6.07 Å². The van der Waals surface area contributed by atoms with Crippen LogP contribution in [0, 0.1) is 0 Å². The average Bonchev–Trinajstić information content (AvgIpc) is 2.43. The number of alkyl halides is 9. The molecule has 0 unspecified atom stereocenters. The van der Waals surface area contributed by atoms with E-state index < -0.39 is 46.8 Å². The third-order valence-corrected chi connectivity index (χ3v) is 2.88. The number of pyridine rings is 1. The maximum Gasteiger partial charge on any atom is 0.573 e. The van der Waals surface area contributed by atoms with Crippen LogP contribution in [0.25, 0.3) is 11.1 Å². The molecule has 2 aromatic rings. The number of aromatic nitrogens is 1. The number of hydrogen-bond donors (Lipinski definition) is 0. The summed E-state index contributed by atoms with van der Waals surface area (Å²) in [5, 5.41) is 0. The van der Waals surface area contributed by atoms with Gasteiger partial charge in [0.1, 0.15) is 11.4 Å². The first-order valence-electron chi connectivity index (χ1n) is 6.28. The fourth-order valence-corrected chi connectivity index (χ4v) is 1.94. The number of ether oxygens (including phenoxy) is 1. The number of benzene rings is 1. The summed E-state index contributed by atoms with van der Waals surface area (Å²) in [6.07, 6.45) is -15.1. The molecule has 0 atom stereocenters. The van der Waals surface area contributed by atoms with Crippen LogP contribution in [0.3, 0.4) is 0 Å². The van der Waals surface area contributed by atoms with Crippen molar-refractivity contribution in [3.05, 3.63) is 47.8 Å². The van der Waals surface area contributed by atoms with Gasteiger partial charge in [-0.3, -0.25) is 4.98 Å². The summed E-state index contributed by atoms with van der Waals surface area (Å²) in [6, 6.07) is 3.21. The average molecular weight is 375 g/mol. The Morgan fingerprint density at radius 1 is 0.800 bits per heavy atom. The Balaban J connectivity index is 2.57. The van der Waals surface area contributed by atoms with Gasteiger partial charge in [-0.15, -0.1) is 13.2 Å². The Morgan fingerprint density at radius 3 is 1.96 bits per heavy atom. The summed E-state index contributed by atoms with van der Waals surface area (Å²) >= 11 is 0. The monoisotopic (exact) mass is 375 g/mol. The van der Waals surface area contributed by atoms with E-state index in [1.54, 1.807) is 0 Å². The molecule has 0 aliphatic heterocycles. The van der Waals surface area contributed by atoms with Crippen LogP contribution >= 0.6 is 0 Å². The lowest BCUT2D eigenvalue weighted by Gasteiger charge is -2.16. The van der Waals surface area contributed by atoms with Crippen LogP contribution in [0.2, 0.25) is 0 Å². The van der Waals surface area contributed by atoms with Crippen LogP contribution < -0.4 is 4.74 Å². The minimum Gasteiger partial charge on any atom is -0.406 e. The zero-order valence-corrected chi connectivity index (χ0v) is 11.7. The minimum atomic E-state index is -5.18. The molecule has 0 spiro atoms. The molecule has 0 saturated carbocycles. The van der Waals surface area contributed by atoms with Crippen LogP contribution in [-0.4, -0.2) is 11.3 Å². The van der Waals surface area contributed by atoms with Crippen molar-refractivity contribution in [2.45, 2.75) is 18.7 Å². The molecule has 25 heavy (non-hydrogen) atoms. The van der Waals surface area contributed by atoms with Crippen molar-refractivity contribution in [2.24, 2.45) is 0 Å². The van der Waals surface area contributed by atoms with E-state index >= 15 is 0 Å². The molecular weight excluding hydrogens is 369 g/mol. The predicted molar refractivity (Wildman–Crippen MR) is 66.4 cm³/mol. The highest BCUT2D eigenvalue weighted by Gasteiger charge is 2.39. The van der Waals surface area contributed by atoms with Crippen molar-refractivity contribution >= 4 is 0 Å². The van der Waals surface area contributed by atoms with Gasteiger partial charge in [0.15, 0.2) is 0 Å². The van der Waals surface area contributed by atoms with Gasteiger partial charge in [0, 0.05) is 11.8 Å². The van der Waals surface area contributed by atoms with Crippen LogP contribution in [0.1, 0.15) is 11.3 Å². The highest BCUT2D eigenvalue weighted by atomic mass is 19.4. The first kappa shape index (κ1) is 18.9. The van der Waals surface area contributed by atoms with E-state index in [4.69, 9.17) is 0 Å². The second kappa shape index (κ2) is 6.12. The van der Waals surface area contributed by atoms with E-state index in [0.29, 0.717) is 12.3 Å². The molecule has 0 saturated heterocycles. The largest absolute Gasteiger partial charge is 0.573 e.